The van der Waals surface area contributed by atoms with Crippen LogP contribution >= 0.6 is 0 Å². The molecule has 2 aromatic rings. The van der Waals surface area contributed by atoms with Crippen molar-refractivity contribution in [2.45, 2.75) is 24.7 Å². The van der Waals surface area contributed by atoms with Gasteiger partial charge in [0, 0.05) is 11.8 Å². The molecule has 3 aliphatic carbocycles. The Labute approximate surface area is 97.3 Å². The van der Waals surface area contributed by atoms with Crippen LogP contribution in [0.15, 0.2) is 48.5 Å². The lowest BCUT2D eigenvalue weighted by molar-refractivity contribution is 0.520. The van der Waals surface area contributed by atoms with Crippen molar-refractivity contribution in [3.8, 4) is 0 Å². The van der Waals surface area contributed by atoms with E-state index in [0.717, 1.165) is 6.04 Å². The molecule has 0 heterocycles. The van der Waals surface area contributed by atoms with Gasteiger partial charge in [-0.05, 0) is 35.1 Å². The fourth-order valence-corrected chi connectivity index (χ4v) is 3.48. The van der Waals surface area contributed by atoms with Crippen LogP contribution in [0.3, 0.4) is 0 Å². The Balaban J connectivity index is 2.05. The molecule has 0 saturated carbocycles. The Bertz CT molecular complexity index is 600. The average molecular weight is 207 g/mol. The SMILES string of the molecule is [2H]c1cccc2c1[C@@H]1CC[C@H]2c2ccccc21. The van der Waals surface area contributed by atoms with E-state index in [0.29, 0.717) is 11.8 Å². The molecule has 0 saturated heterocycles. The molecule has 3 aliphatic rings. The fourth-order valence-electron chi connectivity index (χ4n) is 3.48. The van der Waals surface area contributed by atoms with Crippen molar-refractivity contribution in [2.75, 3.05) is 0 Å². The van der Waals surface area contributed by atoms with Gasteiger partial charge in [0.15, 0.2) is 0 Å². The molecule has 2 aromatic carbocycles. The van der Waals surface area contributed by atoms with Gasteiger partial charge >= 0.3 is 0 Å². The van der Waals surface area contributed by atoms with E-state index in [4.69, 9.17) is 1.37 Å². The molecule has 0 nitrogen and oxygen atoms in total. The molecule has 78 valence electrons. The Kier molecular flexibility index (Phi) is 1.43. The molecule has 0 fully saturated rings. The van der Waals surface area contributed by atoms with E-state index < -0.39 is 0 Å². The molecule has 0 unspecified atom stereocenters. The minimum Gasteiger partial charge on any atom is -0.0620 e. The number of rotatable bonds is 0. The summed E-state index contributed by atoms with van der Waals surface area (Å²) < 4.78 is 8.14. The molecule has 0 radical (unpaired) electrons. The van der Waals surface area contributed by atoms with E-state index in [2.05, 4.69) is 30.3 Å². The Morgan fingerprint density at radius 3 is 1.94 bits per heavy atom. The summed E-state index contributed by atoms with van der Waals surface area (Å²) in [6.45, 7) is 0. The summed E-state index contributed by atoms with van der Waals surface area (Å²) in [5, 5.41) is 0. The van der Waals surface area contributed by atoms with Crippen LogP contribution in [0.2, 0.25) is 0 Å². The first kappa shape index (κ1) is 7.67. The van der Waals surface area contributed by atoms with E-state index >= 15 is 0 Å². The Morgan fingerprint density at radius 1 is 0.750 bits per heavy atom. The maximum absolute atomic E-state index is 8.14. The van der Waals surface area contributed by atoms with Crippen molar-refractivity contribution in [1.29, 1.82) is 0 Å². The zero-order valence-electron chi connectivity index (χ0n) is 10.1. The lowest BCUT2D eigenvalue weighted by Crippen LogP contribution is -2.24. The summed E-state index contributed by atoms with van der Waals surface area (Å²) in [6.07, 6.45) is 2.46. The highest BCUT2D eigenvalue weighted by Crippen LogP contribution is 2.52. The van der Waals surface area contributed by atoms with Crippen molar-refractivity contribution in [3.05, 3.63) is 70.8 Å². The first-order valence-corrected chi connectivity index (χ1v) is 6.04. The molecule has 5 rings (SSSR count). The Morgan fingerprint density at radius 2 is 1.25 bits per heavy atom. The molecule has 0 spiro atoms. The van der Waals surface area contributed by atoms with Crippen LogP contribution in [-0.2, 0) is 0 Å². The van der Waals surface area contributed by atoms with Gasteiger partial charge in [0.25, 0.3) is 0 Å². The van der Waals surface area contributed by atoms with Gasteiger partial charge in [0.1, 0.15) is 0 Å². The maximum Gasteiger partial charge on any atom is 0.0626 e. The van der Waals surface area contributed by atoms with Crippen LogP contribution in [0.4, 0.5) is 0 Å². The van der Waals surface area contributed by atoms with Crippen molar-refractivity contribution in [1.82, 2.24) is 0 Å². The molecule has 0 aromatic heterocycles. The summed E-state index contributed by atoms with van der Waals surface area (Å²) in [4.78, 5) is 0. The standard InChI is InChI=1S/C16H14/c1-2-6-12-11(5-1)15-9-10-16(12)14-8-4-3-7-13(14)15/h1-8,15-16H,9-10H2/t15-,16+/i5D/m0/s1. The van der Waals surface area contributed by atoms with Gasteiger partial charge in [-0.15, -0.1) is 0 Å². The summed E-state index contributed by atoms with van der Waals surface area (Å²) in [5.41, 5.74) is 5.67. The van der Waals surface area contributed by atoms with Gasteiger partial charge in [-0.2, -0.15) is 0 Å². The van der Waals surface area contributed by atoms with Gasteiger partial charge in [-0.1, -0.05) is 48.5 Å². The van der Waals surface area contributed by atoms with Crippen LogP contribution in [0, 0.1) is 0 Å². The molecule has 16 heavy (non-hydrogen) atoms. The zero-order chi connectivity index (χ0) is 11.4. The van der Waals surface area contributed by atoms with E-state index in [1.807, 2.05) is 12.1 Å². The summed E-state index contributed by atoms with van der Waals surface area (Å²) in [6, 6.07) is 15.7. The Hall–Kier alpha value is -1.56. The third kappa shape index (κ3) is 0.948. The third-order valence-electron chi connectivity index (χ3n) is 4.14. The van der Waals surface area contributed by atoms with Crippen molar-refractivity contribution in [3.63, 3.8) is 0 Å². The molecule has 0 N–H and O–H groups in total. The van der Waals surface area contributed by atoms with Crippen molar-refractivity contribution < 1.29 is 1.37 Å². The second-order valence-corrected chi connectivity index (χ2v) is 4.85. The zero-order valence-corrected chi connectivity index (χ0v) is 9.11. The highest BCUT2D eigenvalue weighted by atomic mass is 14.4. The summed E-state index contributed by atoms with van der Waals surface area (Å²) in [7, 11) is 0. The largest absolute Gasteiger partial charge is 0.0626 e. The number of benzene rings is 2. The highest BCUT2D eigenvalue weighted by Gasteiger charge is 2.36. The fraction of sp³-hybridized carbons (Fsp3) is 0.250. The molecular formula is C16H14. The first-order valence-electron chi connectivity index (χ1n) is 6.54. The summed E-state index contributed by atoms with van der Waals surface area (Å²) >= 11 is 0. The van der Waals surface area contributed by atoms with Crippen LogP contribution in [0.25, 0.3) is 0 Å². The lowest BCUT2D eigenvalue weighted by Gasteiger charge is -2.40. The van der Waals surface area contributed by atoms with Gasteiger partial charge < -0.3 is 0 Å². The number of hydrogen-bond donors (Lipinski definition) is 0. The van der Waals surface area contributed by atoms with E-state index in [9.17, 15) is 0 Å². The average Bonchev–Trinajstić information content (AvgIpc) is 2.40. The van der Waals surface area contributed by atoms with Crippen LogP contribution < -0.4 is 0 Å². The normalized spacial score (nSPS) is 25.9. The van der Waals surface area contributed by atoms with Gasteiger partial charge in [0.2, 0.25) is 0 Å². The summed E-state index contributed by atoms with van der Waals surface area (Å²) in [5.74, 6) is 1.01. The number of fused-ring (bicyclic) bond motifs is 1. The molecule has 0 aliphatic heterocycles. The van der Waals surface area contributed by atoms with Gasteiger partial charge in [0.05, 0.1) is 1.37 Å². The van der Waals surface area contributed by atoms with Crippen molar-refractivity contribution >= 4 is 0 Å². The molecule has 0 amide bonds. The molecular weight excluding hydrogens is 192 g/mol. The quantitative estimate of drug-likeness (QED) is 0.611. The minimum absolute atomic E-state index is 0.472. The van der Waals surface area contributed by atoms with Crippen molar-refractivity contribution in [2.24, 2.45) is 0 Å². The maximum atomic E-state index is 8.14. The highest BCUT2D eigenvalue weighted by molar-refractivity contribution is 5.54. The van der Waals surface area contributed by atoms with Crippen LogP contribution in [0.1, 0.15) is 48.3 Å². The predicted molar refractivity (Wildman–Crippen MR) is 65.8 cm³/mol. The topological polar surface area (TPSA) is 0 Å². The third-order valence-corrected chi connectivity index (χ3v) is 4.14. The van der Waals surface area contributed by atoms with Gasteiger partial charge in [-0.3, -0.25) is 0 Å². The molecule has 2 atom stereocenters. The monoisotopic (exact) mass is 207 g/mol. The second kappa shape index (κ2) is 2.98. The van der Waals surface area contributed by atoms with Crippen LogP contribution in [0.5, 0.6) is 0 Å². The number of hydrogen-bond acceptors (Lipinski definition) is 0. The lowest BCUT2D eigenvalue weighted by atomic mass is 9.64. The molecule has 2 bridgehead atoms. The smallest absolute Gasteiger partial charge is 0.0620 e. The predicted octanol–water partition coefficient (Wildman–Crippen LogP) is 4.06. The second-order valence-electron chi connectivity index (χ2n) is 4.85. The minimum atomic E-state index is 0.472. The van der Waals surface area contributed by atoms with E-state index in [-0.39, 0.29) is 0 Å². The van der Waals surface area contributed by atoms with E-state index in [1.54, 1.807) is 0 Å². The van der Waals surface area contributed by atoms with Gasteiger partial charge in [-0.25, -0.2) is 0 Å². The van der Waals surface area contributed by atoms with E-state index in [1.165, 1.54) is 35.1 Å². The van der Waals surface area contributed by atoms with Crippen LogP contribution in [-0.4, -0.2) is 0 Å². The molecule has 0 heteroatoms. The first-order chi connectivity index (χ1) is 8.36.